The van der Waals surface area contributed by atoms with E-state index in [1.54, 1.807) is 35.4 Å². The molecule has 4 rings (SSSR count). The van der Waals surface area contributed by atoms with Crippen LogP contribution in [0.5, 0.6) is 11.5 Å². The molecule has 3 amide bonds. The topological polar surface area (TPSA) is 108 Å². The highest BCUT2D eigenvalue weighted by molar-refractivity contribution is 7.09. The molecule has 0 unspecified atom stereocenters. The number of aryl methyl sites for hydroxylation is 1. The zero-order valence-corrected chi connectivity index (χ0v) is 26.4. The normalized spacial score (nSPS) is 13.4. The monoisotopic (exact) mass is 640 g/mol. The summed E-state index contributed by atoms with van der Waals surface area (Å²) >= 11 is 14.9. The molecule has 1 aromatic heterocycles. The molecule has 0 spiro atoms. The number of methoxy groups -OCH3 is 2. The van der Waals surface area contributed by atoms with Crippen LogP contribution in [-0.2, 0) is 11.3 Å². The van der Waals surface area contributed by atoms with Crippen LogP contribution in [0.15, 0.2) is 77.0 Å². The summed E-state index contributed by atoms with van der Waals surface area (Å²) in [6, 6.07) is 8.33. The molecule has 2 aromatic carbocycles. The third-order valence-electron chi connectivity index (χ3n) is 6.49. The van der Waals surface area contributed by atoms with Crippen molar-refractivity contribution >= 4 is 69.8 Å². The average Bonchev–Trinajstić information content (AvgIpc) is 3.41. The number of urea groups is 1. The lowest BCUT2D eigenvalue weighted by Gasteiger charge is -2.37. The number of anilines is 3. The fraction of sp³-hybridized carbons (Fsp3) is 0.200. The van der Waals surface area contributed by atoms with Gasteiger partial charge in [-0.05, 0) is 32.1 Å². The molecule has 0 radical (unpaired) electrons. The molecule has 10 nitrogen and oxygen atoms in total. The van der Waals surface area contributed by atoms with Gasteiger partial charge in [0.15, 0.2) is 0 Å². The molecular formula is C30H30Cl2N6O4S. The highest BCUT2D eigenvalue weighted by atomic mass is 35.5. The quantitative estimate of drug-likeness (QED) is 0.168. The van der Waals surface area contributed by atoms with E-state index in [9.17, 15) is 9.59 Å². The summed E-state index contributed by atoms with van der Waals surface area (Å²) < 4.78 is 10.9. The van der Waals surface area contributed by atoms with Gasteiger partial charge >= 0.3 is 6.03 Å². The van der Waals surface area contributed by atoms with E-state index in [0.29, 0.717) is 40.0 Å². The number of halogens is 2. The third-order valence-corrected chi connectivity index (χ3v) is 8.05. The minimum Gasteiger partial charge on any atom is -0.495 e. The van der Waals surface area contributed by atoms with Gasteiger partial charge in [0.25, 0.3) is 0 Å². The van der Waals surface area contributed by atoms with Crippen LogP contribution in [-0.4, -0.2) is 48.8 Å². The highest BCUT2D eigenvalue weighted by Crippen LogP contribution is 2.47. The smallest absolute Gasteiger partial charge is 0.329 e. The van der Waals surface area contributed by atoms with Gasteiger partial charge < -0.3 is 20.1 Å². The molecule has 0 bridgehead atoms. The first-order valence-electron chi connectivity index (χ1n) is 12.9. The van der Waals surface area contributed by atoms with Gasteiger partial charge in [0.05, 0.1) is 55.1 Å². The predicted molar refractivity (Wildman–Crippen MR) is 174 cm³/mol. The standard InChI is InChI=1S/C30H30Cl2N6O4S/c1-7-26(39)36-23-11-9-8-10-22(23)34-18(3)33-13-20-14-38(29-27(31)24(41-5)12-25(42-6)28(29)32)30(40)37(17(20)2)15-21-16-43-19(4)35-21/h7-13,16,34H,1,3,14-15H2,2,4-6H3,(H,36,39)/b33-13-. The minimum atomic E-state index is -0.358. The predicted octanol–water partition coefficient (Wildman–Crippen LogP) is 7.27. The number of hydrogen-bond acceptors (Lipinski definition) is 8. The summed E-state index contributed by atoms with van der Waals surface area (Å²) in [5.74, 6) is 0.546. The van der Waals surface area contributed by atoms with Crippen LogP contribution in [0.3, 0.4) is 0 Å². The Morgan fingerprint density at radius 2 is 1.77 bits per heavy atom. The van der Waals surface area contributed by atoms with Gasteiger partial charge in [-0.3, -0.25) is 14.6 Å². The SMILES string of the molecule is C=CC(=O)Nc1ccccc1NC(=C)/N=C\C1=C(C)N(Cc2csc(C)n2)C(=O)N(c2c(Cl)c(OC)cc(OC)c2Cl)C1. The van der Waals surface area contributed by atoms with Crippen LogP contribution in [0.2, 0.25) is 10.0 Å². The van der Waals surface area contributed by atoms with Crippen LogP contribution in [0.25, 0.3) is 0 Å². The van der Waals surface area contributed by atoms with Crippen molar-refractivity contribution in [1.29, 1.82) is 0 Å². The van der Waals surface area contributed by atoms with Gasteiger partial charge in [0.2, 0.25) is 5.91 Å². The lowest BCUT2D eigenvalue weighted by atomic mass is 10.1. The van der Waals surface area contributed by atoms with E-state index in [2.05, 4.69) is 33.8 Å². The number of benzene rings is 2. The van der Waals surface area contributed by atoms with E-state index < -0.39 is 0 Å². The molecule has 43 heavy (non-hydrogen) atoms. The van der Waals surface area contributed by atoms with Crippen LogP contribution in [0.4, 0.5) is 21.9 Å². The van der Waals surface area contributed by atoms with Crippen molar-refractivity contribution < 1.29 is 19.1 Å². The molecule has 0 saturated carbocycles. The Morgan fingerprint density at radius 3 is 2.33 bits per heavy atom. The molecule has 0 fully saturated rings. The number of nitrogens with one attached hydrogen (secondary N) is 2. The van der Waals surface area contributed by atoms with E-state index in [1.807, 2.05) is 25.3 Å². The number of aromatic nitrogens is 1. The first kappa shape index (κ1) is 31.6. The number of ether oxygens (including phenoxy) is 2. The second-order valence-corrected chi connectivity index (χ2v) is 11.1. The van der Waals surface area contributed by atoms with Crippen LogP contribution in [0.1, 0.15) is 17.6 Å². The lowest BCUT2D eigenvalue weighted by molar-refractivity contribution is -0.111. The van der Waals surface area contributed by atoms with Gasteiger partial charge in [-0.15, -0.1) is 11.3 Å². The van der Waals surface area contributed by atoms with E-state index >= 15 is 0 Å². The van der Waals surface area contributed by atoms with Crippen molar-refractivity contribution in [3.63, 3.8) is 0 Å². The van der Waals surface area contributed by atoms with Gasteiger partial charge in [-0.2, -0.15) is 0 Å². The maximum atomic E-state index is 14.0. The minimum absolute atomic E-state index is 0.0930. The molecule has 3 aromatic rings. The van der Waals surface area contributed by atoms with Gasteiger partial charge in [-0.25, -0.2) is 14.8 Å². The summed E-state index contributed by atoms with van der Waals surface area (Å²) in [6.45, 7) is 11.5. The molecule has 1 aliphatic rings. The van der Waals surface area contributed by atoms with Crippen molar-refractivity contribution in [2.24, 2.45) is 4.99 Å². The summed E-state index contributed by atoms with van der Waals surface area (Å²) in [6.07, 6.45) is 2.80. The first-order valence-corrected chi connectivity index (χ1v) is 14.5. The van der Waals surface area contributed by atoms with Crippen molar-refractivity contribution in [3.8, 4) is 11.5 Å². The molecule has 0 atom stereocenters. The Hall–Kier alpha value is -4.32. The Morgan fingerprint density at radius 1 is 1.14 bits per heavy atom. The second kappa shape index (κ2) is 13.8. The maximum Gasteiger partial charge on any atom is 0.329 e. The van der Waals surface area contributed by atoms with E-state index in [1.165, 1.54) is 36.5 Å². The Kier molecular flexibility index (Phi) is 10.1. The number of aliphatic imine (C=N–C) groups is 1. The number of thiazole rings is 1. The van der Waals surface area contributed by atoms with Crippen LogP contribution < -0.4 is 25.0 Å². The van der Waals surface area contributed by atoms with Gasteiger partial charge in [-0.1, -0.05) is 48.5 Å². The maximum absolute atomic E-state index is 14.0. The van der Waals surface area contributed by atoms with Crippen molar-refractivity contribution in [3.05, 3.63) is 92.8 Å². The molecule has 0 aliphatic carbocycles. The zero-order valence-electron chi connectivity index (χ0n) is 24.0. The molecule has 2 N–H and O–H groups in total. The molecule has 0 saturated heterocycles. The number of para-hydroxylation sites is 2. The third kappa shape index (κ3) is 7.02. The largest absolute Gasteiger partial charge is 0.495 e. The Labute approximate surface area is 263 Å². The van der Waals surface area contributed by atoms with E-state index in [4.69, 9.17) is 32.7 Å². The second-order valence-electron chi connectivity index (χ2n) is 9.25. The van der Waals surface area contributed by atoms with Crippen LogP contribution in [0, 0.1) is 6.92 Å². The molecule has 224 valence electrons. The Balaban J connectivity index is 1.71. The summed E-state index contributed by atoms with van der Waals surface area (Å²) in [4.78, 5) is 38.0. The zero-order chi connectivity index (χ0) is 31.3. The average molecular weight is 642 g/mol. The van der Waals surface area contributed by atoms with Crippen molar-refractivity contribution in [2.75, 3.05) is 36.3 Å². The van der Waals surface area contributed by atoms with Gasteiger partial charge in [0, 0.05) is 28.9 Å². The number of rotatable bonds is 11. The van der Waals surface area contributed by atoms with Crippen molar-refractivity contribution in [1.82, 2.24) is 9.88 Å². The van der Waals surface area contributed by atoms with E-state index in [-0.39, 0.29) is 40.8 Å². The fourth-order valence-electron chi connectivity index (χ4n) is 4.29. The van der Waals surface area contributed by atoms with Crippen LogP contribution >= 0.6 is 34.5 Å². The molecule has 13 heteroatoms. The molecule has 1 aliphatic heterocycles. The summed E-state index contributed by atoms with van der Waals surface area (Å²) in [7, 11) is 2.93. The summed E-state index contributed by atoms with van der Waals surface area (Å²) in [5, 5.41) is 8.96. The number of carbonyl (C=O) groups is 2. The highest BCUT2D eigenvalue weighted by Gasteiger charge is 2.35. The van der Waals surface area contributed by atoms with E-state index in [0.717, 1.165) is 10.7 Å². The summed E-state index contributed by atoms with van der Waals surface area (Å²) in [5.41, 5.74) is 3.47. The molecular weight excluding hydrogens is 611 g/mol. The van der Waals surface area contributed by atoms with Gasteiger partial charge in [0.1, 0.15) is 27.4 Å². The fourth-order valence-corrected chi connectivity index (χ4v) is 5.60. The number of carbonyl (C=O) groups excluding carboxylic acids is 2. The number of amides is 3. The first-order chi connectivity index (χ1) is 20.6. The number of nitrogens with zero attached hydrogens (tertiary/aromatic N) is 4. The van der Waals surface area contributed by atoms with Crippen molar-refractivity contribution in [2.45, 2.75) is 20.4 Å². The number of hydrogen-bond donors (Lipinski definition) is 2. The Bertz CT molecular complexity index is 1620. The lowest BCUT2D eigenvalue weighted by Crippen LogP contribution is -2.48. The molecule has 2 heterocycles. The number of allylic oxidation sites excluding steroid dienone is 1.